The Labute approximate surface area is 237 Å². The summed E-state index contributed by atoms with van der Waals surface area (Å²) in [6.45, 7) is 4.93. The van der Waals surface area contributed by atoms with E-state index in [0.717, 1.165) is 43.9 Å². The number of ketones is 2. The fourth-order valence-corrected chi connectivity index (χ4v) is 6.94. The van der Waals surface area contributed by atoms with E-state index in [-0.39, 0.29) is 36.1 Å². The highest BCUT2D eigenvalue weighted by Gasteiger charge is 2.59. The van der Waals surface area contributed by atoms with Gasteiger partial charge in [0.25, 0.3) is 5.91 Å². The average Bonchev–Trinajstić information content (AvgIpc) is 2.92. The van der Waals surface area contributed by atoms with Crippen molar-refractivity contribution in [2.24, 2.45) is 17.6 Å². The van der Waals surface area contributed by atoms with Crippen molar-refractivity contribution in [2.45, 2.75) is 31.4 Å². The van der Waals surface area contributed by atoms with E-state index in [1.165, 1.54) is 11.6 Å². The Morgan fingerprint density at radius 1 is 1.00 bits per heavy atom. The van der Waals surface area contributed by atoms with Gasteiger partial charge in [-0.1, -0.05) is 30.3 Å². The van der Waals surface area contributed by atoms with Gasteiger partial charge in [0, 0.05) is 50.6 Å². The number of phenolic OH excluding ortho intramolecular Hbond substituents is 1. The first-order chi connectivity index (χ1) is 19.5. The molecule has 0 bridgehead atoms. The number of aliphatic hydroxyl groups is 3. The molecule has 3 atom stereocenters. The fraction of sp³-hybridized carbons (Fsp3) is 0.387. The molecule has 41 heavy (non-hydrogen) atoms. The SMILES string of the molecule is CN1CCN(Cc2ccc(-c3ccc(O)c4c3CC3C[C@H]5CC(O)=C(C(N)=O)C(=O)[C@@]5(O)C(O)=C3C4=O)cc2)CC1. The molecule has 6 rings (SSSR count). The predicted octanol–water partition coefficient (Wildman–Crippen LogP) is 1.99. The molecule has 1 fully saturated rings. The maximum absolute atomic E-state index is 13.8. The van der Waals surface area contributed by atoms with Crippen molar-refractivity contribution in [3.8, 4) is 16.9 Å². The second-order valence-corrected chi connectivity index (χ2v) is 11.7. The number of benzene rings is 2. The van der Waals surface area contributed by atoms with Crippen LogP contribution in [-0.2, 0) is 22.6 Å². The Kier molecular flexibility index (Phi) is 6.52. The number of Topliss-reactive ketones (excluding diaryl/α,β-unsaturated/α-hetero) is 2. The lowest BCUT2D eigenvalue weighted by atomic mass is 9.60. The van der Waals surface area contributed by atoms with Crippen LogP contribution in [0.4, 0.5) is 0 Å². The Morgan fingerprint density at radius 2 is 1.68 bits per heavy atom. The minimum absolute atomic E-state index is 0.0145. The van der Waals surface area contributed by atoms with E-state index in [1.807, 2.05) is 12.1 Å². The quantitative estimate of drug-likeness (QED) is 0.352. The molecule has 4 aliphatic rings. The average molecular weight is 560 g/mol. The van der Waals surface area contributed by atoms with Crippen LogP contribution in [-0.4, -0.2) is 86.5 Å². The number of hydrogen-bond acceptors (Lipinski definition) is 9. The summed E-state index contributed by atoms with van der Waals surface area (Å²) in [5.41, 5.74) is 5.21. The Bertz CT molecular complexity index is 1540. The normalized spacial score (nSPS) is 27.0. The lowest BCUT2D eigenvalue weighted by Gasteiger charge is -2.45. The van der Waals surface area contributed by atoms with Gasteiger partial charge in [0.2, 0.25) is 5.78 Å². The third-order valence-corrected chi connectivity index (χ3v) is 9.21. The third-order valence-electron chi connectivity index (χ3n) is 9.21. The van der Waals surface area contributed by atoms with Crippen LogP contribution in [0.3, 0.4) is 0 Å². The molecule has 1 amide bonds. The van der Waals surface area contributed by atoms with Crippen LogP contribution in [0.25, 0.3) is 11.1 Å². The first kappa shape index (κ1) is 27.2. The highest BCUT2D eigenvalue weighted by Crippen LogP contribution is 2.52. The number of amides is 1. The highest BCUT2D eigenvalue weighted by molar-refractivity contribution is 6.24. The van der Waals surface area contributed by atoms with Crippen molar-refractivity contribution in [2.75, 3.05) is 33.2 Å². The van der Waals surface area contributed by atoms with Crippen LogP contribution < -0.4 is 5.73 Å². The van der Waals surface area contributed by atoms with Crippen LogP contribution in [0, 0.1) is 11.8 Å². The summed E-state index contributed by atoms with van der Waals surface area (Å²) in [6, 6.07) is 11.3. The molecule has 3 aliphatic carbocycles. The molecular formula is C31H33N3O7. The zero-order valence-electron chi connectivity index (χ0n) is 22.8. The van der Waals surface area contributed by atoms with Gasteiger partial charge in [-0.05, 0) is 54.1 Å². The number of fused-ring (bicyclic) bond motifs is 3. The first-order valence-corrected chi connectivity index (χ1v) is 13.8. The molecule has 10 heteroatoms. The molecule has 1 heterocycles. The number of phenols is 1. The van der Waals surface area contributed by atoms with Crippen molar-refractivity contribution in [1.29, 1.82) is 0 Å². The summed E-state index contributed by atoms with van der Waals surface area (Å²) in [5.74, 6) is -6.32. The second kappa shape index (κ2) is 9.83. The van der Waals surface area contributed by atoms with Gasteiger partial charge in [0.05, 0.1) is 5.56 Å². The summed E-state index contributed by atoms with van der Waals surface area (Å²) < 4.78 is 0. The monoisotopic (exact) mass is 559 g/mol. The van der Waals surface area contributed by atoms with Crippen LogP contribution in [0.5, 0.6) is 5.75 Å². The second-order valence-electron chi connectivity index (χ2n) is 11.7. The Hall–Kier alpha value is -3.99. The van der Waals surface area contributed by atoms with Gasteiger partial charge in [0.1, 0.15) is 22.8 Å². The maximum Gasteiger partial charge on any atom is 0.255 e. The summed E-state index contributed by atoms with van der Waals surface area (Å²) in [5, 5.41) is 43.7. The minimum Gasteiger partial charge on any atom is -0.511 e. The van der Waals surface area contributed by atoms with E-state index in [1.54, 1.807) is 6.07 Å². The van der Waals surface area contributed by atoms with Gasteiger partial charge in [-0.2, -0.15) is 0 Å². The van der Waals surface area contributed by atoms with E-state index in [2.05, 4.69) is 29.0 Å². The largest absolute Gasteiger partial charge is 0.511 e. The van der Waals surface area contributed by atoms with Crippen molar-refractivity contribution in [1.82, 2.24) is 9.80 Å². The molecule has 1 saturated heterocycles. The molecule has 0 radical (unpaired) electrons. The van der Waals surface area contributed by atoms with E-state index in [9.17, 15) is 34.8 Å². The maximum atomic E-state index is 13.8. The smallest absolute Gasteiger partial charge is 0.255 e. The van der Waals surface area contributed by atoms with E-state index < -0.39 is 52.0 Å². The number of carbonyl (C=O) groups excluding carboxylic acids is 3. The molecule has 2 aromatic rings. The Balaban J connectivity index is 1.35. The molecule has 6 N–H and O–H groups in total. The number of piperazine rings is 1. The molecule has 0 saturated carbocycles. The number of carbonyl (C=O) groups is 3. The highest BCUT2D eigenvalue weighted by atomic mass is 16.3. The summed E-state index contributed by atoms with van der Waals surface area (Å²) in [7, 11) is 2.12. The molecular weight excluding hydrogens is 526 g/mol. The van der Waals surface area contributed by atoms with Gasteiger partial charge in [0.15, 0.2) is 11.4 Å². The molecule has 10 nitrogen and oxygen atoms in total. The standard InChI is InChI=1S/C31H33N3O7/c1-33-8-10-34(11-9-33)15-16-2-4-17(5-3-16)20-6-7-22(35)25-21(20)13-18-12-19-14-23(36)26(30(32)40)29(39)31(19,41)28(38)24(18)27(25)37/h2-7,18-19,35-36,38,41H,8-15H2,1H3,(H2,32,40)/t18?,19-,31-/m0/s1. The number of nitrogens with zero attached hydrogens (tertiary/aromatic N) is 2. The van der Waals surface area contributed by atoms with Crippen molar-refractivity contribution in [3.05, 3.63) is 75.8 Å². The van der Waals surface area contributed by atoms with Crippen LogP contribution >= 0.6 is 0 Å². The number of aromatic hydroxyl groups is 1. The number of aliphatic hydroxyl groups excluding tert-OH is 2. The lowest BCUT2D eigenvalue weighted by Crippen LogP contribution is -2.57. The Morgan fingerprint density at radius 3 is 2.34 bits per heavy atom. The van der Waals surface area contributed by atoms with Gasteiger partial charge in [-0.25, -0.2) is 0 Å². The van der Waals surface area contributed by atoms with Crippen LogP contribution in [0.15, 0.2) is 59.1 Å². The molecule has 2 aromatic carbocycles. The molecule has 1 unspecified atom stereocenters. The lowest BCUT2D eigenvalue weighted by molar-refractivity contribution is -0.144. The molecule has 0 aromatic heterocycles. The summed E-state index contributed by atoms with van der Waals surface area (Å²) >= 11 is 0. The molecule has 214 valence electrons. The number of primary amides is 1. The van der Waals surface area contributed by atoms with Crippen LogP contribution in [0.2, 0.25) is 0 Å². The predicted molar refractivity (Wildman–Crippen MR) is 149 cm³/mol. The van der Waals surface area contributed by atoms with Crippen molar-refractivity contribution >= 4 is 17.5 Å². The molecule has 0 spiro atoms. The third kappa shape index (κ3) is 4.25. The van der Waals surface area contributed by atoms with Gasteiger partial charge < -0.3 is 31.1 Å². The van der Waals surface area contributed by atoms with Gasteiger partial charge in [-0.15, -0.1) is 0 Å². The summed E-state index contributed by atoms with van der Waals surface area (Å²) in [6.07, 6.45) is 0.111. The van der Waals surface area contributed by atoms with Crippen molar-refractivity contribution < 1.29 is 34.8 Å². The van der Waals surface area contributed by atoms with E-state index >= 15 is 0 Å². The topological polar surface area (TPSA) is 165 Å². The van der Waals surface area contributed by atoms with Gasteiger partial charge >= 0.3 is 0 Å². The number of hydrogen-bond donors (Lipinski definition) is 5. The first-order valence-electron chi connectivity index (χ1n) is 13.8. The van der Waals surface area contributed by atoms with E-state index in [4.69, 9.17) is 5.73 Å². The number of nitrogens with two attached hydrogens (primary N) is 1. The van der Waals surface area contributed by atoms with Crippen LogP contribution in [0.1, 0.15) is 34.3 Å². The fourth-order valence-electron chi connectivity index (χ4n) is 6.94. The zero-order valence-corrected chi connectivity index (χ0v) is 22.8. The van der Waals surface area contributed by atoms with Crippen molar-refractivity contribution in [3.63, 3.8) is 0 Å². The van der Waals surface area contributed by atoms with Gasteiger partial charge in [-0.3, -0.25) is 19.3 Å². The van der Waals surface area contributed by atoms with E-state index in [0.29, 0.717) is 5.56 Å². The number of allylic oxidation sites excluding steroid dienone is 2. The number of rotatable bonds is 4. The summed E-state index contributed by atoms with van der Waals surface area (Å²) in [4.78, 5) is 43.5. The minimum atomic E-state index is -2.57. The molecule has 1 aliphatic heterocycles. The number of likely N-dealkylation sites (N-methyl/N-ethyl adjacent to an activating group) is 1. The zero-order chi connectivity index (χ0) is 29.2.